The van der Waals surface area contributed by atoms with Crippen LogP contribution in [0.3, 0.4) is 0 Å². The molecule has 1 atom stereocenters. The van der Waals surface area contributed by atoms with Gasteiger partial charge in [0.15, 0.2) is 0 Å². The molecule has 3 heteroatoms. The highest BCUT2D eigenvalue weighted by atomic mass is 16.5. The van der Waals surface area contributed by atoms with E-state index in [0.717, 1.165) is 13.0 Å². The molecule has 14 heavy (non-hydrogen) atoms. The Morgan fingerprint density at radius 3 is 3.29 bits per heavy atom. The minimum absolute atomic E-state index is 0.641. The van der Waals surface area contributed by atoms with Crippen molar-refractivity contribution in [3.05, 3.63) is 23.9 Å². The predicted octanol–water partition coefficient (Wildman–Crippen LogP) is 1.38. The third-order valence-electron chi connectivity index (χ3n) is 2.65. The SMILES string of the molecule is COc1cc(CC2CCCN2)ccn1. The highest BCUT2D eigenvalue weighted by Crippen LogP contribution is 2.14. The average Bonchev–Trinajstić information content (AvgIpc) is 2.71. The van der Waals surface area contributed by atoms with Gasteiger partial charge in [-0.25, -0.2) is 4.98 Å². The molecule has 0 amide bonds. The molecule has 0 radical (unpaired) electrons. The molecule has 0 aliphatic carbocycles. The maximum Gasteiger partial charge on any atom is 0.213 e. The Hall–Kier alpha value is -1.09. The first-order chi connectivity index (χ1) is 6.88. The maximum atomic E-state index is 5.09. The Kier molecular flexibility index (Phi) is 2.99. The molecule has 2 rings (SSSR count). The van der Waals surface area contributed by atoms with Gasteiger partial charge < -0.3 is 10.1 Å². The minimum atomic E-state index is 0.641. The van der Waals surface area contributed by atoms with Crippen molar-refractivity contribution in [3.8, 4) is 5.88 Å². The largest absolute Gasteiger partial charge is 0.481 e. The van der Waals surface area contributed by atoms with Crippen LogP contribution in [-0.2, 0) is 6.42 Å². The molecule has 76 valence electrons. The van der Waals surface area contributed by atoms with E-state index in [0.29, 0.717) is 11.9 Å². The van der Waals surface area contributed by atoms with Gasteiger partial charge in [0.25, 0.3) is 0 Å². The van der Waals surface area contributed by atoms with Gasteiger partial charge in [-0.3, -0.25) is 0 Å². The van der Waals surface area contributed by atoms with Crippen LogP contribution in [0.5, 0.6) is 5.88 Å². The van der Waals surface area contributed by atoms with Gasteiger partial charge in [0.05, 0.1) is 7.11 Å². The Morgan fingerprint density at radius 2 is 2.57 bits per heavy atom. The molecule has 1 aromatic rings. The van der Waals surface area contributed by atoms with Gasteiger partial charge in [-0.2, -0.15) is 0 Å². The average molecular weight is 192 g/mol. The molecule has 0 aromatic carbocycles. The summed E-state index contributed by atoms with van der Waals surface area (Å²) in [6, 6.07) is 4.71. The predicted molar refractivity (Wildman–Crippen MR) is 55.5 cm³/mol. The molecule has 2 heterocycles. The summed E-state index contributed by atoms with van der Waals surface area (Å²) in [6.07, 6.45) is 5.47. The normalized spacial score (nSPS) is 21.1. The van der Waals surface area contributed by atoms with E-state index in [1.165, 1.54) is 18.4 Å². The van der Waals surface area contributed by atoms with Crippen LogP contribution in [0.15, 0.2) is 18.3 Å². The van der Waals surface area contributed by atoms with Crippen LogP contribution in [0.4, 0.5) is 0 Å². The summed E-state index contributed by atoms with van der Waals surface area (Å²) < 4.78 is 5.09. The van der Waals surface area contributed by atoms with Crippen molar-refractivity contribution >= 4 is 0 Å². The molecule has 1 aliphatic heterocycles. The van der Waals surface area contributed by atoms with Crippen molar-refractivity contribution in [2.45, 2.75) is 25.3 Å². The van der Waals surface area contributed by atoms with Crippen LogP contribution in [0.1, 0.15) is 18.4 Å². The Bertz CT molecular complexity index is 295. The number of pyridine rings is 1. The summed E-state index contributed by atoms with van der Waals surface area (Å²) in [7, 11) is 1.65. The van der Waals surface area contributed by atoms with E-state index in [4.69, 9.17) is 4.74 Å². The molecular weight excluding hydrogens is 176 g/mol. The van der Waals surface area contributed by atoms with Crippen molar-refractivity contribution in [2.75, 3.05) is 13.7 Å². The summed E-state index contributed by atoms with van der Waals surface area (Å²) >= 11 is 0. The van der Waals surface area contributed by atoms with E-state index in [-0.39, 0.29) is 0 Å². The van der Waals surface area contributed by atoms with Crippen LogP contribution in [0.2, 0.25) is 0 Å². The van der Waals surface area contributed by atoms with Gasteiger partial charge in [-0.1, -0.05) is 0 Å². The number of hydrogen-bond donors (Lipinski definition) is 1. The topological polar surface area (TPSA) is 34.1 Å². The second kappa shape index (κ2) is 4.42. The van der Waals surface area contributed by atoms with Crippen molar-refractivity contribution in [1.82, 2.24) is 10.3 Å². The van der Waals surface area contributed by atoms with Crippen molar-refractivity contribution in [3.63, 3.8) is 0 Å². The molecular formula is C11H16N2O. The fraction of sp³-hybridized carbons (Fsp3) is 0.545. The zero-order chi connectivity index (χ0) is 9.80. The first kappa shape index (κ1) is 9.46. The molecule has 1 aromatic heterocycles. The van der Waals surface area contributed by atoms with Gasteiger partial charge >= 0.3 is 0 Å². The molecule has 1 unspecified atom stereocenters. The van der Waals surface area contributed by atoms with Crippen LogP contribution in [0, 0.1) is 0 Å². The molecule has 1 N–H and O–H groups in total. The van der Waals surface area contributed by atoms with E-state index >= 15 is 0 Å². The number of nitrogens with one attached hydrogen (secondary N) is 1. The smallest absolute Gasteiger partial charge is 0.213 e. The fourth-order valence-corrected chi connectivity index (χ4v) is 1.90. The second-order valence-electron chi connectivity index (χ2n) is 3.70. The highest BCUT2D eigenvalue weighted by Gasteiger charge is 2.14. The number of methoxy groups -OCH3 is 1. The van der Waals surface area contributed by atoms with Gasteiger partial charge in [0.1, 0.15) is 0 Å². The van der Waals surface area contributed by atoms with Crippen LogP contribution in [-0.4, -0.2) is 24.7 Å². The zero-order valence-electron chi connectivity index (χ0n) is 8.49. The quantitative estimate of drug-likeness (QED) is 0.785. The summed E-state index contributed by atoms with van der Waals surface area (Å²) in [5, 5.41) is 3.48. The lowest BCUT2D eigenvalue weighted by molar-refractivity contribution is 0.397. The Balaban J connectivity index is 2.00. The summed E-state index contributed by atoms with van der Waals surface area (Å²) in [5.74, 6) is 0.709. The molecule has 1 saturated heterocycles. The summed E-state index contributed by atoms with van der Waals surface area (Å²) in [5.41, 5.74) is 1.30. The lowest BCUT2D eigenvalue weighted by atomic mass is 10.1. The van der Waals surface area contributed by atoms with Gasteiger partial charge in [0.2, 0.25) is 5.88 Å². The summed E-state index contributed by atoms with van der Waals surface area (Å²) in [6.45, 7) is 1.16. The number of ether oxygens (including phenoxy) is 1. The Labute approximate surface area is 84.5 Å². The number of nitrogens with zero attached hydrogens (tertiary/aromatic N) is 1. The second-order valence-corrected chi connectivity index (χ2v) is 3.70. The van der Waals surface area contributed by atoms with E-state index in [2.05, 4.69) is 16.4 Å². The van der Waals surface area contributed by atoms with E-state index in [1.54, 1.807) is 7.11 Å². The Morgan fingerprint density at radius 1 is 1.64 bits per heavy atom. The van der Waals surface area contributed by atoms with E-state index in [1.807, 2.05) is 12.3 Å². The third-order valence-corrected chi connectivity index (χ3v) is 2.65. The highest BCUT2D eigenvalue weighted by molar-refractivity contribution is 5.21. The molecule has 1 aliphatic rings. The van der Waals surface area contributed by atoms with Gasteiger partial charge in [0, 0.05) is 18.3 Å². The lowest BCUT2D eigenvalue weighted by Gasteiger charge is -2.10. The third kappa shape index (κ3) is 2.23. The molecule has 0 bridgehead atoms. The number of rotatable bonds is 3. The first-order valence-electron chi connectivity index (χ1n) is 5.11. The molecule has 1 fully saturated rings. The van der Waals surface area contributed by atoms with Crippen LogP contribution >= 0.6 is 0 Å². The monoisotopic (exact) mass is 192 g/mol. The molecule has 3 nitrogen and oxygen atoms in total. The molecule has 0 spiro atoms. The number of aromatic nitrogens is 1. The van der Waals surface area contributed by atoms with Crippen molar-refractivity contribution in [1.29, 1.82) is 0 Å². The fourth-order valence-electron chi connectivity index (χ4n) is 1.90. The maximum absolute atomic E-state index is 5.09. The number of hydrogen-bond acceptors (Lipinski definition) is 3. The van der Waals surface area contributed by atoms with Crippen LogP contribution < -0.4 is 10.1 Å². The summed E-state index contributed by atoms with van der Waals surface area (Å²) in [4.78, 5) is 4.09. The van der Waals surface area contributed by atoms with Crippen molar-refractivity contribution < 1.29 is 4.74 Å². The van der Waals surface area contributed by atoms with E-state index in [9.17, 15) is 0 Å². The zero-order valence-corrected chi connectivity index (χ0v) is 8.49. The van der Waals surface area contributed by atoms with Crippen molar-refractivity contribution in [2.24, 2.45) is 0 Å². The van der Waals surface area contributed by atoms with Crippen LogP contribution in [0.25, 0.3) is 0 Å². The van der Waals surface area contributed by atoms with E-state index < -0.39 is 0 Å². The standard InChI is InChI=1S/C11H16N2O/c1-14-11-8-9(4-6-13-11)7-10-3-2-5-12-10/h4,6,8,10,12H,2-3,5,7H2,1H3. The van der Waals surface area contributed by atoms with Gasteiger partial charge in [-0.05, 0) is 37.4 Å². The first-order valence-corrected chi connectivity index (χ1v) is 5.11. The molecule has 0 saturated carbocycles. The minimum Gasteiger partial charge on any atom is -0.481 e. The van der Waals surface area contributed by atoms with Gasteiger partial charge in [-0.15, -0.1) is 0 Å². The lowest BCUT2D eigenvalue weighted by Crippen LogP contribution is -2.23.